The van der Waals surface area contributed by atoms with Crippen molar-refractivity contribution < 1.29 is 9.53 Å². The molecule has 0 fully saturated rings. The van der Waals surface area contributed by atoms with Gasteiger partial charge in [0.15, 0.2) is 0 Å². The number of nitrogen functional groups attached to an aromatic ring is 1. The van der Waals surface area contributed by atoms with Crippen LogP contribution in [0.25, 0.3) is 0 Å². The Bertz CT molecular complexity index is 428. The van der Waals surface area contributed by atoms with Crippen molar-refractivity contribution in [2.75, 3.05) is 12.3 Å². The molecule has 1 aromatic carbocycles. The molecule has 0 saturated carbocycles. The van der Waals surface area contributed by atoms with Crippen molar-refractivity contribution in [1.82, 2.24) is 5.32 Å². The van der Waals surface area contributed by atoms with Gasteiger partial charge >= 0.3 is 0 Å². The molecule has 0 aromatic heterocycles. The molecule has 1 amide bonds. The highest BCUT2D eigenvalue weighted by Crippen LogP contribution is 2.25. The third-order valence-corrected chi connectivity index (χ3v) is 2.92. The molecule has 0 bridgehead atoms. The van der Waals surface area contributed by atoms with Gasteiger partial charge in [-0.2, -0.15) is 0 Å². The first-order valence-electron chi connectivity index (χ1n) is 6.25. The molecule has 4 heteroatoms. The van der Waals surface area contributed by atoms with E-state index in [1.807, 2.05) is 27.7 Å². The molecule has 18 heavy (non-hydrogen) atoms. The molecule has 0 radical (unpaired) electrons. The topological polar surface area (TPSA) is 64.3 Å². The zero-order valence-electron chi connectivity index (χ0n) is 11.5. The Balaban J connectivity index is 3.04. The molecule has 4 nitrogen and oxygen atoms in total. The summed E-state index contributed by atoms with van der Waals surface area (Å²) >= 11 is 0. The first kappa shape index (κ1) is 14.4. The summed E-state index contributed by atoms with van der Waals surface area (Å²) < 4.78 is 5.45. The van der Waals surface area contributed by atoms with Gasteiger partial charge in [0.25, 0.3) is 5.91 Å². The Morgan fingerprint density at radius 3 is 2.61 bits per heavy atom. The van der Waals surface area contributed by atoms with E-state index in [0.29, 0.717) is 23.6 Å². The van der Waals surface area contributed by atoms with Crippen LogP contribution in [-0.2, 0) is 0 Å². The molecular formula is C14H22N2O2. The largest absolute Gasteiger partial charge is 0.493 e. The molecule has 100 valence electrons. The van der Waals surface area contributed by atoms with E-state index in [1.54, 1.807) is 18.2 Å². The Morgan fingerprint density at radius 2 is 2.06 bits per heavy atom. The second-order valence-electron chi connectivity index (χ2n) is 4.84. The van der Waals surface area contributed by atoms with Crippen LogP contribution >= 0.6 is 0 Å². The third-order valence-electron chi connectivity index (χ3n) is 2.92. The Hall–Kier alpha value is -1.71. The molecule has 1 aromatic rings. The van der Waals surface area contributed by atoms with Gasteiger partial charge < -0.3 is 15.8 Å². The van der Waals surface area contributed by atoms with Gasteiger partial charge in [-0.3, -0.25) is 4.79 Å². The van der Waals surface area contributed by atoms with Crippen molar-refractivity contribution in [2.24, 2.45) is 0 Å². The molecular weight excluding hydrogens is 228 g/mol. The number of nitrogens with two attached hydrogens (primary N) is 1. The summed E-state index contributed by atoms with van der Waals surface area (Å²) in [4.78, 5) is 12.3. The minimum Gasteiger partial charge on any atom is -0.493 e. The van der Waals surface area contributed by atoms with Gasteiger partial charge in [0.2, 0.25) is 0 Å². The maximum absolute atomic E-state index is 12.3. The fourth-order valence-corrected chi connectivity index (χ4v) is 1.53. The van der Waals surface area contributed by atoms with Crippen molar-refractivity contribution in [2.45, 2.75) is 39.7 Å². The molecule has 1 rings (SSSR count). The van der Waals surface area contributed by atoms with Crippen LogP contribution in [0.3, 0.4) is 0 Å². The predicted octanol–water partition coefficient (Wildman–Crippen LogP) is 2.59. The van der Waals surface area contributed by atoms with Crippen LogP contribution in [0.5, 0.6) is 5.75 Å². The highest BCUT2D eigenvalue weighted by atomic mass is 16.5. The first-order valence-corrected chi connectivity index (χ1v) is 6.25. The zero-order valence-corrected chi connectivity index (χ0v) is 11.5. The quantitative estimate of drug-likeness (QED) is 0.789. The number of nitrogens with one attached hydrogen (secondary N) is 1. The van der Waals surface area contributed by atoms with Crippen molar-refractivity contribution >= 4 is 11.6 Å². The van der Waals surface area contributed by atoms with E-state index in [4.69, 9.17) is 10.5 Å². The lowest BCUT2D eigenvalue weighted by atomic mass is 10.0. The number of benzene rings is 1. The van der Waals surface area contributed by atoms with Crippen LogP contribution < -0.4 is 15.8 Å². The third kappa shape index (κ3) is 3.39. The Morgan fingerprint density at radius 1 is 1.39 bits per heavy atom. The molecule has 0 aliphatic rings. The summed E-state index contributed by atoms with van der Waals surface area (Å²) in [7, 11) is 0. The van der Waals surface area contributed by atoms with E-state index >= 15 is 0 Å². The molecule has 0 spiro atoms. The van der Waals surface area contributed by atoms with Gasteiger partial charge in [0.1, 0.15) is 11.3 Å². The van der Waals surface area contributed by atoms with E-state index in [-0.39, 0.29) is 11.4 Å². The van der Waals surface area contributed by atoms with Crippen LogP contribution in [0.1, 0.15) is 44.5 Å². The summed E-state index contributed by atoms with van der Waals surface area (Å²) in [5.41, 5.74) is 6.46. The van der Waals surface area contributed by atoms with E-state index in [2.05, 4.69) is 5.32 Å². The fraction of sp³-hybridized carbons (Fsp3) is 0.500. The number of carbonyl (C=O) groups excluding carboxylic acids is 1. The monoisotopic (exact) mass is 250 g/mol. The highest BCUT2D eigenvalue weighted by Gasteiger charge is 2.22. The SMILES string of the molecule is CCOc1cccc(N)c1C(=O)NC(C)(C)CC. The highest BCUT2D eigenvalue weighted by molar-refractivity contribution is 6.02. The second kappa shape index (κ2) is 5.76. The maximum Gasteiger partial charge on any atom is 0.257 e. The van der Waals surface area contributed by atoms with Crippen LogP contribution in [0, 0.1) is 0 Å². The van der Waals surface area contributed by atoms with E-state index in [9.17, 15) is 4.79 Å². The number of rotatable bonds is 5. The average molecular weight is 250 g/mol. The number of carbonyl (C=O) groups is 1. The number of hydrogen-bond donors (Lipinski definition) is 2. The molecule has 0 heterocycles. The number of amides is 1. The standard InChI is InChI=1S/C14H22N2O2/c1-5-14(3,4)16-13(17)12-10(15)8-7-9-11(12)18-6-2/h7-9H,5-6,15H2,1-4H3,(H,16,17). The lowest BCUT2D eigenvalue weighted by Gasteiger charge is -2.25. The van der Waals surface area contributed by atoms with Crippen molar-refractivity contribution in [3.05, 3.63) is 23.8 Å². The fourth-order valence-electron chi connectivity index (χ4n) is 1.53. The average Bonchev–Trinajstić information content (AvgIpc) is 2.29. The number of hydrogen-bond acceptors (Lipinski definition) is 3. The predicted molar refractivity (Wildman–Crippen MR) is 73.9 cm³/mol. The number of anilines is 1. The van der Waals surface area contributed by atoms with Crippen LogP contribution in [0.15, 0.2) is 18.2 Å². The van der Waals surface area contributed by atoms with Crippen LogP contribution in [0.4, 0.5) is 5.69 Å². The molecule has 0 aliphatic heterocycles. The Labute approximate surface area is 109 Å². The van der Waals surface area contributed by atoms with Gasteiger partial charge in [0.05, 0.1) is 6.61 Å². The van der Waals surface area contributed by atoms with Crippen LogP contribution in [-0.4, -0.2) is 18.1 Å². The summed E-state index contributed by atoms with van der Waals surface area (Å²) in [6, 6.07) is 5.24. The minimum atomic E-state index is -0.261. The van der Waals surface area contributed by atoms with Gasteiger partial charge in [-0.1, -0.05) is 13.0 Å². The molecule has 0 unspecified atom stereocenters. The van der Waals surface area contributed by atoms with Crippen molar-refractivity contribution in [1.29, 1.82) is 0 Å². The maximum atomic E-state index is 12.3. The van der Waals surface area contributed by atoms with Gasteiger partial charge in [-0.25, -0.2) is 0 Å². The van der Waals surface area contributed by atoms with E-state index in [0.717, 1.165) is 6.42 Å². The normalized spacial score (nSPS) is 11.1. The van der Waals surface area contributed by atoms with Crippen molar-refractivity contribution in [3.8, 4) is 5.75 Å². The second-order valence-corrected chi connectivity index (χ2v) is 4.84. The first-order chi connectivity index (χ1) is 8.41. The zero-order chi connectivity index (χ0) is 13.8. The van der Waals surface area contributed by atoms with E-state index < -0.39 is 0 Å². The molecule has 0 atom stereocenters. The molecule has 0 saturated heterocycles. The number of ether oxygens (including phenoxy) is 1. The molecule has 3 N–H and O–H groups in total. The van der Waals surface area contributed by atoms with Crippen molar-refractivity contribution in [3.63, 3.8) is 0 Å². The summed E-state index contributed by atoms with van der Waals surface area (Å²) in [5.74, 6) is 0.338. The van der Waals surface area contributed by atoms with E-state index in [1.165, 1.54) is 0 Å². The minimum absolute atomic E-state index is 0.191. The molecule has 0 aliphatic carbocycles. The Kier molecular flexibility index (Phi) is 4.59. The van der Waals surface area contributed by atoms with Gasteiger partial charge in [-0.15, -0.1) is 0 Å². The summed E-state index contributed by atoms with van der Waals surface area (Å²) in [5, 5.41) is 2.96. The van der Waals surface area contributed by atoms with Gasteiger partial charge in [-0.05, 0) is 39.3 Å². The lowest BCUT2D eigenvalue weighted by Crippen LogP contribution is -2.43. The smallest absolute Gasteiger partial charge is 0.257 e. The summed E-state index contributed by atoms with van der Waals surface area (Å²) in [6.45, 7) is 8.36. The lowest BCUT2D eigenvalue weighted by molar-refractivity contribution is 0.0908. The van der Waals surface area contributed by atoms with Crippen LogP contribution in [0.2, 0.25) is 0 Å². The summed E-state index contributed by atoms with van der Waals surface area (Å²) in [6.07, 6.45) is 0.843. The van der Waals surface area contributed by atoms with Gasteiger partial charge in [0, 0.05) is 11.2 Å².